The Bertz CT molecular complexity index is 1060. The van der Waals surface area contributed by atoms with Gasteiger partial charge in [-0.15, -0.1) is 0 Å². The maximum absolute atomic E-state index is 13.2. The molecule has 0 radical (unpaired) electrons. The molecule has 0 unspecified atom stereocenters. The van der Waals surface area contributed by atoms with E-state index in [1.807, 2.05) is 43.0 Å². The number of hydrogen-bond acceptors (Lipinski definition) is 5. The molecule has 0 atom stereocenters. The molecule has 0 spiro atoms. The lowest BCUT2D eigenvalue weighted by atomic mass is 10.1. The van der Waals surface area contributed by atoms with Gasteiger partial charge >= 0.3 is 0 Å². The van der Waals surface area contributed by atoms with Crippen molar-refractivity contribution in [3.8, 4) is 17.0 Å². The summed E-state index contributed by atoms with van der Waals surface area (Å²) < 4.78 is 18.9. The van der Waals surface area contributed by atoms with E-state index >= 15 is 0 Å². The van der Waals surface area contributed by atoms with E-state index in [1.165, 1.54) is 24.0 Å². The Morgan fingerprint density at radius 3 is 2.42 bits per heavy atom. The van der Waals surface area contributed by atoms with Crippen LogP contribution in [-0.2, 0) is 4.79 Å². The molecule has 7 heteroatoms. The zero-order valence-corrected chi connectivity index (χ0v) is 17.7. The molecule has 0 aliphatic carbocycles. The van der Waals surface area contributed by atoms with Crippen molar-refractivity contribution in [1.82, 2.24) is 14.9 Å². The van der Waals surface area contributed by atoms with Gasteiger partial charge in [0.25, 0.3) is 5.91 Å². The first-order valence-electron chi connectivity index (χ1n) is 10.3. The molecule has 4 rings (SSSR count). The average Bonchev–Trinajstić information content (AvgIpc) is 2.80. The Hall–Kier alpha value is -3.48. The van der Waals surface area contributed by atoms with Gasteiger partial charge in [0.2, 0.25) is 0 Å². The lowest BCUT2D eigenvalue weighted by Gasteiger charge is -2.35. The van der Waals surface area contributed by atoms with Gasteiger partial charge in [-0.1, -0.05) is 6.07 Å². The van der Waals surface area contributed by atoms with Crippen LogP contribution in [0.15, 0.2) is 54.9 Å². The summed E-state index contributed by atoms with van der Waals surface area (Å²) in [7, 11) is 0. The maximum Gasteiger partial charge on any atom is 0.260 e. The minimum Gasteiger partial charge on any atom is -0.484 e. The smallest absolute Gasteiger partial charge is 0.260 e. The molecule has 1 fully saturated rings. The van der Waals surface area contributed by atoms with Crippen LogP contribution in [0.3, 0.4) is 0 Å². The number of amides is 1. The summed E-state index contributed by atoms with van der Waals surface area (Å²) in [5, 5.41) is 0. The molecule has 1 aromatic heterocycles. The Kier molecular flexibility index (Phi) is 6.11. The van der Waals surface area contributed by atoms with E-state index < -0.39 is 0 Å². The average molecular weight is 420 g/mol. The highest BCUT2D eigenvalue weighted by Crippen LogP contribution is 2.22. The van der Waals surface area contributed by atoms with Crippen LogP contribution in [0.4, 0.5) is 10.2 Å². The number of piperazine rings is 1. The van der Waals surface area contributed by atoms with Crippen molar-refractivity contribution < 1.29 is 13.9 Å². The van der Waals surface area contributed by atoms with E-state index in [9.17, 15) is 9.18 Å². The number of rotatable bonds is 5. The molecule has 0 N–H and O–H groups in total. The normalized spacial score (nSPS) is 13.9. The van der Waals surface area contributed by atoms with Crippen molar-refractivity contribution in [2.45, 2.75) is 13.8 Å². The Labute approximate surface area is 181 Å². The van der Waals surface area contributed by atoms with E-state index in [0.29, 0.717) is 31.9 Å². The maximum atomic E-state index is 13.2. The number of anilines is 1. The standard InChI is InChI=1S/C24H25FN4O2/c1-17-3-8-21(13-18(17)2)31-15-24(30)29-11-9-28(10-12-29)23-14-22(26-16-27-23)19-4-6-20(25)7-5-19/h3-8,13-14,16H,9-12,15H2,1-2H3. The molecule has 2 heterocycles. The summed E-state index contributed by atoms with van der Waals surface area (Å²) in [4.78, 5) is 25.2. The van der Waals surface area contributed by atoms with Gasteiger partial charge in [-0.2, -0.15) is 0 Å². The van der Waals surface area contributed by atoms with Crippen molar-refractivity contribution in [1.29, 1.82) is 0 Å². The fourth-order valence-corrected chi connectivity index (χ4v) is 3.52. The van der Waals surface area contributed by atoms with Crippen molar-refractivity contribution in [2.75, 3.05) is 37.7 Å². The van der Waals surface area contributed by atoms with Crippen LogP contribution in [0.5, 0.6) is 5.75 Å². The van der Waals surface area contributed by atoms with Crippen LogP contribution >= 0.6 is 0 Å². The highest BCUT2D eigenvalue weighted by atomic mass is 19.1. The lowest BCUT2D eigenvalue weighted by molar-refractivity contribution is -0.133. The van der Waals surface area contributed by atoms with Crippen LogP contribution < -0.4 is 9.64 Å². The van der Waals surface area contributed by atoms with E-state index in [-0.39, 0.29) is 18.3 Å². The monoisotopic (exact) mass is 420 g/mol. The van der Waals surface area contributed by atoms with Crippen molar-refractivity contribution in [3.05, 3.63) is 71.8 Å². The fraction of sp³-hybridized carbons (Fsp3) is 0.292. The topological polar surface area (TPSA) is 58.6 Å². The van der Waals surface area contributed by atoms with Crippen LogP contribution in [0, 0.1) is 19.7 Å². The zero-order chi connectivity index (χ0) is 21.8. The molecular weight excluding hydrogens is 395 g/mol. The fourth-order valence-electron chi connectivity index (χ4n) is 3.52. The highest BCUT2D eigenvalue weighted by molar-refractivity contribution is 5.78. The molecule has 2 aromatic carbocycles. The second-order valence-electron chi connectivity index (χ2n) is 7.67. The summed E-state index contributed by atoms with van der Waals surface area (Å²) in [6.45, 7) is 6.66. The van der Waals surface area contributed by atoms with Gasteiger partial charge in [0.15, 0.2) is 6.61 Å². The summed E-state index contributed by atoms with van der Waals surface area (Å²) in [5.41, 5.74) is 3.91. The minimum atomic E-state index is -0.277. The summed E-state index contributed by atoms with van der Waals surface area (Å²) >= 11 is 0. The van der Waals surface area contributed by atoms with Gasteiger partial charge in [0, 0.05) is 37.8 Å². The quantitative estimate of drug-likeness (QED) is 0.631. The molecule has 3 aromatic rings. The second kappa shape index (κ2) is 9.12. The van der Waals surface area contributed by atoms with E-state index in [1.54, 1.807) is 12.1 Å². The molecule has 160 valence electrons. The molecule has 1 aliphatic rings. The first-order valence-corrected chi connectivity index (χ1v) is 10.3. The molecule has 6 nitrogen and oxygen atoms in total. The molecule has 1 saturated heterocycles. The predicted octanol–water partition coefficient (Wildman–Crippen LogP) is 3.63. The minimum absolute atomic E-state index is 0.0208. The highest BCUT2D eigenvalue weighted by Gasteiger charge is 2.22. The van der Waals surface area contributed by atoms with Gasteiger partial charge in [0.05, 0.1) is 5.69 Å². The van der Waals surface area contributed by atoms with Gasteiger partial charge < -0.3 is 14.5 Å². The number of ether oxygens (including phenoxy) is 1. The molecule has 0 saturated carbocycles. The Morgan fingerprint density at radius 2 is 1.71 bits per heavy atom. The summed E-state index contributed by atoms with van der Waals surface area (Å²) in [5.74, 6) is 1.21. The number of carbonyl (C=O) groups excluding carboxylic acids is 1. The number of benzene rings is 2. The molecule has 0 bridgehead atoms. The largest absolute Gasteiger partial charge is 0.484 e. The number of aryl methyl sites for hydroxylation is 2. The summed E-state index contributed by atoms with van der Waals surface area (Å²) in [6, 6.07) is 14.0. The first kappa shape index (κ1) is 20.8. The molecule has 1 aliphatic heterocycles. The third-order valence-corrected chi connectivity index (χ3v) is 5.59. The Balaban J connectivity index is 1.33. The number of nitrogens with zero attached hydrogens (tertiary/aromatic N) is 4. The van der Waals surface area contributed by atoms with Gasteiger partial charge in [0.1, 0.15) is 23.7 Å². The second-order valence-corrected chi connectivity index (χ2v) is 7.67. The van der Waals surface area contributed by atoms with Crippen LogP contribution in [0.25, 0.3) is 11.3 Å². The lowest BCUT2D eigenvalue weighted by Crippen LogP contribution is -2.50. The van der Waals surface area contributed by atoms with Crippen LogP contribution in [-0.4, -0.2) is 53.6 Å². The van der Waals surface area contributed by atoms with Crippen LogP contribution in [0.2, 0.25) is 0 Å². The number of aromatic nitrogens is 2. The van der Waals surface area contributed by atoms with E-state index in [4.69, 9.17) is 4.74 Å². The van der Waals surface area contributed by atoms with E-state index in [0.717, 1.165) is 22.6 Å². The summed E-state index contributed by atoms with van der Waals surface area (Å²) in [6.07, 6.45) is 1.52. The van der Waals surface area contributed by atoms with Gasteiger partial charge in [-0.05, 0) is 61.4 Å². The van der Waals surface area contributed by atoms with Crippen molar-refractivity contribution in [2.24, 2.45) is 0 Å². The predicted molar refractivity (Wildman–Crippen MR) is 118 cm³/mol. The Morgan fingerprint density at radius 1 is 0.968 bits per heavy atom. The van der Waals surface area contributed by atoms with Gasteiger partial charge in [-0.25, -0.2) is 14.4 Å². The van der Waals surface area contributed by atoms with Crippen LogP contribution in [0.1, 0.15) is 11.1 Å². The first-order chi connectivity index (χ1) is 15.0. The number of carbonyl (C=O) groups is 1. The van der Waals surface area contributed by atoms with E-state index in [2.05, 4.69) is 14.9 Å². The molecule has 1 amide bonds. The SMILES string of the molecule is Cc1ccc(OCC(=O)N2CCN(c3cc(-c4ccc(F)cc4)ncn3)CC2)cc1C. The number of halogens is 1. The zero-order valence-electron chi connectivity index (χ0n) is 17.7. The number of hydrogen-bond donors (Lipinski definition) is 0. The van der Waals surface area contributed by atoms with Gasteiger partial charge in [-0.3, -0.25) is 4.79 Å². The third-order valence-electron chi connectivity index (χ3n) is 5.59. The van der Waals surface area contributed by atoms with Crippen molar-refractivity contribution in [3.63, 3.8) is 0 Å². The molecule has 31 heavy (non-hydrogen) atoms. The third kappa shape index (κ3) is 4.99. The van der Waals surface area contributed by atoms with Crippen molar-refractivity contribution >= 4 is 11.7 Å². The molecular formula is C24H25FN4O2.